The molecule has 2 aromatic rings. The summed E-state index contributed by atoms with van der Waals surface area (Å²) in [4.78, 5) is 16.4. The molecule has 1 amide bonds. The van der Waals surface area contributed by atoms with E-state index < -0.39 is 0 Å². The minimum Gasteiger partial charge on any atom is -0.330 e. The van der Waals surface area contributed by atoms with Crippen LogP contribution in [0.15, 0.2) is 30.3 Å². The smallest absolute Gasteiger partial charge is 0.224 e. The lowest BCUT2D eigenvalue weighted by Crippen LogP contribution is -2.12. The Morgan fingerprint density at radius 3 is 2.85 bits per heavy atom. The number of aromatic nitrogens is 1. The molecule has 0 aliphatic carbocycles. The summed E-state index contributed by atoms with van der Waals surface area (Å²) < 4.78 is 0. The number of pyridine rings is 1. The highest BCUT2D eigenvalue weighted by Gasteiger charge is 2.07. The number of carbonyl (C=O) groups excluding carboxylic acids is 1. The summed E-state index contributed by atoms with van der Waals surface area (Å²) in [5, 5.41) is 3.97. The number of fused-ring (bicyclic) bond motifs is 1. The number of amides is 1. The molecule has 0 aliphatic heterocycles. The van der Waals surface area contributed by atoms with Gasteiger partial charge in [-0.05, 0) is 38.4 Å². The molecule has 0 bridgehead atoms. The van der Waals surface area contributed by atoms with E-state index in [2.05, 4.69) is 10.3 Å². The second-order valence-electron chi connectivity index (χ2n) is 4.98. The van der Waals surface area contributed by atoms with Crippen molar-refractivity contribution in [1.82, 2.24) is 4.98 Å². The molecule has 1 heterocycles. The number of hydrogen-bond acceptors (Lipinski definition) is 3. The molecule has 0 radical (unpaired) electrons. The monoisotopic (exact) mass is 271 g/mol. The van der Waals surface area contributed by atoms with Gasteiger partial charge in [0.2, 0.25) is 5.91 Å². The van der Waals surface area contributed by atoms with E-state index in [0.29, 0.717) is 13.0 Å². The van der Waals surface area contributed by atoms with Gasteiger partial charge >= 0.3 is 0 Å². The first-order chi connectivity index (χ1) is 9.70. The third kappa shape index (κ3) is 3.78. The fourth-order valence-corrected chi connectivity index (χ4v) is 2.23. The van der Waals surface area contributed by atoms with Crippen LogP contribution in [0, 0.1) is 6.92 Å². The lowest BCUT2D eigenvalue weighted by molar-refractivity contribution is -0.116. The fourth-order valence-electron chi connectivity index (χ4n) is 2.23. The molecule has 1 aromatic heterocycles. The quantitative estimate of drug-likeness (QED) is 0.794. The molecular formula is C16H21N3O. The van der Waals surface area contributed by atoms with E-state index in [9.17, 15) is 4.79 Å². The average Bonchev–Trinajstić information content (AvgIpc) is 2.43. The van der Waals surface area contributed by atoms with E-state index in [0.717, 1.165) is 41.5 Å². The highest BCUT2D eigenvalue weighted by atomic mass is 16.1. The van der Waals surface area contributed by atoms with E-state index in [4.69, 9.17) is 5.73 Å². The van der Waals surface area contributed by atoms with Crippen LogP contribution in [0.2, 0.25) is 0 Å². The van der Waals surface area contributed by atoms with Crippen molar-refractivity contribution in [2.45, 2.75) is 32.6 Å². The minimum atomic E-state index is 0.0535. The van der Waals surface area contributed by atoms with Crippen LogP contribution >= 0.6 is 0 Å². The predicted molar refractivity (Wildman–Crippen MR) is 82.6 cm³/mol. The largest absolute Gasteiger partial charge is 0.330 e. The Kier molecular flexibility index (Phi) is 5.07. The maximum Gasteiger partial charge on any atom is 0.224 e. The molecule has 3 N–H and O–H groups in total. The normalized spacial score (nSPS) is 10.7. The summed E-state index contributed by atoms with van der Waals surface area (Å²) in [5.74, 6) is 0.0535. The van der Waals surface area contributed by atoms with Gasteiger partial charge < -0.3 is 11.1 Å². The van der Waals surface area contributed by atoms with Crippen LogP contribution in [0.3, 0.4) is 0 Å². The Morgan fingerprint density at radius 2 is 2.05 bits per heavy atom. The van der Waals surface area contributed by atoms with Crippen LogP contribution in [0.5, 0.6) is 0 Å². The second kappa shape index (κ2) is 7.01. The minimum absolute atomic E-state index is 0.0535. The molecule has 20 heavy (non-hydrogen) atoms. The number of rotatable bonds is 6. The number of benzene rings is 1. The molecule has 0 saturated heterocycles. The van der Waals surface area contributed by atoms with E-state index in [-0.39, 0.29) is 5.91 Å². The number of hydrogen-bond donors (Lipinski definition) is 2. The van der Waals surface area contributed by atoms with Crippen LogP contribution in [-0.4, -0.2) is 17.4 Å². The number of nitrogens with zero attached hydrogens (tertiary/aromatic N) is 1. The zero-order valence-electron chi connectivity index (χ0n) is 11.9. The molecule has 106 valence electrons. The van der Waals surface area contributed by atoms with Gasteiger partial charge in [-0.15, -0.1) is 0 Å². The lowest BCUT2D eigenvalue weighted by Gasteiger charge is -2.09. The molecule has 1 aromatic carbocycles. The standard InChI is InChI=1S/C16H21N3O/c1-12-11-15(13-7-4-5-8-14(13)18-12)19-16(20)9-3-2-6-10-17/h4-5,7-8,11H,2-3,6,9-10,17H2,1H3,(H,18,19,20). The first kappa shape index (κ1) is 14.5. The summed E-state index contributed by atoms with van der Waals surface area (Å²) in [7, 11) is 0. The number of aryl methyl sites for hydroxylation is 1. The highest BCUT2D eigenvalue weighted by Crippen LogP contribution is 2.23. The molecule has 0 saturated carbocycles. The number of nitrogens with one attached hydrogen (secondary N) is 1. The Balaban J connectivity index is 2.07. The van der Waals surface area contributed by atoms with Crippen LogP contribution in [0.4, 0.5) is 5.69 Å². The van der Waals surface area contributed by atoms with Crippen LogP contribution in [0.1, 0.15) is 31.4 Å². The second-order valence-corrected chi connectivity index (χ2v) is 4.98. The first-order valence-corrected chi connectivity index (χ1v) is 7.07. The van der Waals surface area contributed by atoms with Crippen molar-refractivity contribution in [2.75, 3.05) is 11.9 Å². The van der Waals surface area contributed by atoms with Crippen molar-refractivity contribution in [1.29, 1.82) is 0 Å². The van der Waals surface area contributed by atoms with Crippen molar-refractivity contribution in [3.8, 4) is 0 Å². The molecule has 2 rings (SSSR count). The number of unbranched alkanes of at least 4 members (excludes halogenated alkanes) is 2. The van der Waals surface area contributed by atoms with Crippen molar-refractivity contribution < 1.29 is 4.79 Å². The number of nitrogens with two attached hydrogens (primary N) is 1. The third-order valence-electron chi connectivity index (χ3n) is 3.23. The molecular weight excluding hydrogens is 250 g/mol. The van der Waals surface area contributed by atoms with E-state index in [1.54, 1.807) is 0 Å². The van der Waals surface area contributed by atoms with Crippen LogP contribution < -0.4 is 11.1 Å². The summed E-state index contributed by atoms with van der Waals surface area (Å²) in [6.07, 6.45) is 3.39. The Morgan fingerprint density at radius 1 is 1.25 bits per heavy atom. The number of carbonyl (C=O) groups is 1. The molecule has 0 fully saturated rings. The number of anilines is 1. The third-order valence-corrected chi connectivity index (χ3v) is 3.23. The molecule has 0 unspecified atom stereocenters. The van der Waals surface area contributed by atoms with Gasteiger partial charge in [-0.1, -0.05) is 24.6 Å². The van der Waals surface area contributed by atoms with Crippen LogP contribution in [-0.2, 0) is 4.79 Å². The average molecular weight is 271 g/mol. The van der Waals surface area contributed by atoms with Crippen molar-refractivity contribution >= 4 is 22.5 Å². The summed E-state index contributed by atoms with van der Waals surface area (Å²) >= 11 is 0. The van der Waals surface area contributed by atoms with Gasteiger partial charge in [-0.3, -0.25) is 9.78 Å². The Labute approximate surface area is 119 Å². The maximum atomic E-state index is 12.0. The zero-order valence-corrected chi connectivity index (χ0v) is 11.9. The Bertz CT molecular complexity index is 595. The maximum absolute atomic E-state index is 12.0. The van der Waals surface area contributed by atoms with E-state index in [1.807, 2.05) is 37.3 Å². The van der Waals surface area contributed by atoms with Gasteiger partial charge in [-0.25, -0.2) is 0 Å². The van der Waals surface area contributed by atoms with Gasteiger partial charge in [0.25, 0.3) is 0 Å². The van der Waals surface area contributed by atoms with Crippen molar-refractivity contribution in [2.24, 2.45) is 5.73 Å². The molecule has 0 atom stereocenters. The topological polar surface area (TPSA) is 68.0 Å². The van der Waals surface area contributed by atoms with Gasteiger partial charge in [0.15, 0.2) is 0 Å². The SMILES string of the molecule is Cc1cc(NC(=O)CCCCCN)c2ccccc2n1. The molecule has 4 nitrogen and oxygen atoms in total. The number of para-hydroxylation sites is 1. The van der Waals surface area contributed by atoms with Gasteiger partial charge in [0.1, 0.15) is 0 Å². The molecule has 0 spiro atoms. The van der Waals surface area contributed by atoms with Crippen molar-refractivity contribution in [3.63, 3.8) is 0 Å². The summed E-state index contributed by atoms with van der Waals surface area (Å²) in [6, 6.07) is 9.76. The highest BCUT2D eigenvalue weighted by molar-refractivity contribution is 6.00. The Hall–Kier alpha value is -1.94. The summed E-state index contributed by atoms with van der Waals surface area (Å²) in [5.41, 5.74) is 8.10. The van der Waals surface area contributed by atoms with Gasteiger partial charge in [-0.2, -0.15) is 0 Å². The van der Waals surface area contributed by atoms with Crippen LogP contribution in [0.25, 0.3) is 10.9 Å². The van der Waals surface area contributed by atoms with Crippen molar-refractivity contribution in [3.05, 3.63) is 36.0 Å². The van der Waals surface area contributed by atoms with Gasteiger partial charge in [0, 0.05) is 17.5 Å². The fraction of sp³-hybridized carbons (Fsp3) is 0.375. The van der Waals surface area contributed by atoms with E-state index in [1.165, 1.54) is 0 Å². The molecule has 0 aliphatic rings. The first-order valence-electron chi connectivity index (χ1n) is 7.07. The van der Waals surface area contributed by atoms with Gasteiger partial charge in [0.05, 0.1) is 11.2 Å². The molecule has 4 heteroatoms. The summed E-state index contributed by atoms with van der Waals surface area (Å²) in [6.45, 7) is 2.62. The van der Waals surface area contributed by atoms with E-state index >= 15 is 0 Å². The lowest BCUT2D eigenvalue weighted by atomic mass is 10.1. The zero-order chi connectivity index (χ0) is 14.4. The predicted octanol–water partition coefficient (Wildman–Crippen LogP) is 3.00.